The maximum absolute atomic E-state index is 13.4. The molecule has 1 aromatic carbocycles. The Morgan fingerprint density at radius 1 is 1.15 bits per heavy atom. The van der Waals surface area contributed by atoms with Gasteiger partial charge in [-0.25, -0.2) is 0 Å². The summed E-state index contributed by atoms with van der Waals surface area (Å²) in [5.41, 5.74) is 1.68. The second-order valence-electron chi connectivity index (χ2n) is 7.67. The van der Waals surface area contributed by atoms with Gasteiger partial charge in [-0.05, 0) is 55.5 Å². The summed E-state index contributed by atoms with van der Waals surface area (Å²) < 4.78 is 3.09. The van der Waals surface area contributed by atoms with Crippen LogP contribution < -0.4 is 0 Å². The molecule has 2 aromatic heterocycles. The third-order valence-electron chi connectivity index (χ3n) is 5.95. The van der Waals surface area contributed by atoms with Crippen molar-refractivity contribution in [1.29, 1.82) is 0 Å². The molecule has 1 unspecified atom stereocenters. The molecular formula is C21H21BrN4O. The van der Waals surface area contributed by atoms with Gasteiger partial charge in [0.15, 0.2) is 5.65 Å². The van der Waals surface area contributed by atoms with Crippen molar-refractivity contribution in [1.82, 2.24) is 19.5 Å². The summed E-state index contributed by atoms with van der Waals surface area (Å²) in [5, 5.41) is 8.72. The van der Waals surface area contributed by atoms with Crippen LogP contribution in [0, 0.1) is 0 Å². The van der Waals surface area contributed by atoms with Gasteiger partial charge < -0.3 is 4.90 Å². The van der Waals surface area contributed by atoms with Crippen LogP contribution in [-0.4, -0.2) is 38.5 Å². The Hall–Kier alpha value is -2.21. The fourth-order valence-electron chi connectivity index (χ4n) is 4.35. The van der Waals surface area contributed by atoms with E-state index in [1.807, 2.05) is 36.5 Å². The molecule has 138 valence electrons. The second kappa shape index (κ2) is 6.44. The van der Waals surface area contributed by atoms with Crippen LogP contribution >= 0.6 is 15.9 Å². The lowest BCUT2D eigenvalue weighted by molar-refractivity contribution is -0.135. The van der Waals surface area contributed by atoms with Crippen LogP contribution in [0.25, 0.3) is 5.65 Å². The summed E-state index contributed by atoms with van der Waals surface area (Å²) in [5.74, 6) is 1.48. The Balaban J connectivity index is 1.40. The molecule has 1 amide bonds. The molecule has 1 saturated carbocycles. The molecule has 1 atom stereocenters. The molecule has 27 heavy (non-hydrogen) atoms. The quantitative estimate of drug-likeness (QED) is 0.639. The molecule has 0 spiro atoms. The fraction of sp³-hybridized carbons (Fsp3) is 0.381. The lowest BCUT2D eigenvalue weighted by Crippen LogP contribution is -2.44. The number of nitrogens with zero attached hydrogens (tertiary/aromatic N) is 4. The predicted octanol–water partition coefficient (Wildman–Crippen LogP) is 3.93. The number of carbonyl (C=O) groups is 1. The van der Waals surface area contributed by atoms with E-state index in [2.05, 4.69) is 47.6 Å². The zero-order valence-corrected chi connectivity index (χ0v) is 16.6. The summed E-state index contributed by atoms with van der Waals surface area (Å²) in [4.78, 5) is 15.5. The zero-order chi connectivity index (χ0) is 18.4. The summed E-state index contributed by atoms with van der Waals surface area (Å²) in [6.07, 6.45) is 5.94. The van der Waals surface area contributed by atoms with Gasteiger partial charge in [-0.15, -0.1) is 10.2 Å². The number of aromatic nitrogens is 3. The van der Waals surface area contributed by atoms with Gasteiger partial charge in [0.25, 0.3) is 0 Å². The summed E-state index contributed by atoms with van der Waals surface area (Å²) >= 11 is 3.54. The third-order valence-corrected chi connectivity index (χ3v) is 6.44. The predicted molar refractivity (Wildman–Crippen MR) is 107 cm³/mol. The molecule has 0 radical (unpaired) electrons. The van der Waals surface area contributed by atoms with E-state index >= 15 is 0 Å². The zero-order valence-electron chi connectivity index (χ0n) is 15.0. The molecule has 0 N–H and O–H groups in total. The van der Waals surface area contributed by atoms with E-state index in [-0.39, 0.29) is 17.2 Å². The summed E-state index contributed by atoms with van der Waals surface area (Å²) in [6, 6.07) is 14.2. The number of piperidine rings is 1. The van der Waals surface area contributed by atoms with Gasteiger partial charge in [0, 0.05) is 29.7 Å². The molecule has 6 heteroatoms. The maximum atomic E-state index is 13.4. The standard InChI is InChI=1S/C21H21BrN4O/c22-17-7-3-6-16(13-17)21(9-10-21)20(27)25-11-4-5-15(14-25)19-24-23-18-8-1-2-12-26(18)19/h1-3,6-8,12-13,15H,4-5,9-11,14H2. The van der Waals surface area contributed by atoms with Crippen LogP contribution in [0.2, 0.25) is 0 Å². The topological polar surface area (TPSA) is 50.5 Å². The van der Waals surface area contributed by atoms with Crippen LogP contribution in [0.1, 0.15) is 43.0 Å². The number of hydrogen-bond donors (Lipinski definition) is 0. The van der Waals surface area contributed by atoms with Crippen molar-refractivity contribution in [2.24, 2.45) is 0 Å². The Bertz CT molecular complexity index is 1010. The molecule has 1 saturated heterocycles. The van der Waals surface area contributed by atoms with Gasteiger partial charge in [0.2, 0.25) is 5.91 Å². The van der Waals surface area contributed by atoms with Crippen molar-refractivity contribution in [2.45, 2.75) is 37.0 Å². The van der Waals surface area contributed by atoms with E-state index in [4.69, 9.17) is 0 Å². The van der Waals surface area contributed by atoms with Crippen molar-refractivity contribution in [2.75, 3.05) is 13.1 Å². The highest BCUT2D eigenvalue weighted by Gasteiger charge is 2.53. The number of fused-ring (bicyclic) bond motifs is 1. The number of rotatable bonds is 3. The number of amides is 1. The van der Waals surface area contributed by atoms with Gasteiger partial charge in [-0.3, -0.25) is 9.20 Å². The van der Waals surface area contributed by atoms with E-state index < -0.39 is 0 Å². The number of halogens is 1. The lowest BCUT2D eigenvalue weighted by Gasteiger charge is -2.34. The van der Waals surface area contributed by atoms with Crippen LogP contribution in [-0.2, 0) is 10.2 Å². The largest absolute Gasteiger partial charge is 0.341 e. The van der Waals surface area contributed by atoms with Crippen LogP contribution in [0.15, 0.2) is 53.1 Å². The van der Waals surface area contributed by atoms with Gasteiger partial charge in [0.1, 0.15) is 5.82 Å². The number of pyridine rings is 1. The van der Waals surface area contributed by atoms with Crippen LogP contribution in [0.5, 0.6) is 0 Å². The van der Waals surface area contributed by atoms with E-state index in [9.17, 15) is 4.79 Å². The van der Waals surface area contributed by atoms with Crippen molar-refractivity contribution in [3.8, 4) is 0 Å². The van der Waals surface area contributed by atoms with Crippen molar-refractivity contribution in [3.63, 3.8) is 0 Å². The van der Waals surface area contributed by atoms with Gasteiger partial charge in [-0.1, -0.05) is 34.1 Å². The highest BCUT2D eigenvalue weighted by Crippen LogP contribution is 2.50. The first-order chi connectivity index (χ1) is 13.2. The summed E-state index contributed by atoms with van der Waals surface area (Å²) in [7, 11) is 0. The van der Waals surface area contributed by atoms with Crippen LogP contribution in [0.3, 0.4) is 0 Å². The number of carbonyl (C=O) groups excluding carboxylic acids is 1. The van der Waals surface area contributed by atoms with Crippen molar-refractivity contribution < 1.29 is 4.79 Å². The second-order valence-corrected chi connectivity index (χ2v) is 8.59. The van der Waals surface area contributed by atoms with Gasteiger partial charge in [0.05, 0.1) is 5.41 Å². The highest BCUT2D eigenvalue weighted by molar-refractivity contribution is 9.10. The first-order valence-corrected chi connectivity index (χ1v) is 10.3. The minimum Gasteiger partial charge on any atom is -0.341 e. The molecule has 2 aliphatic rings. The molecule has 2 fully saturated rings. The first kappa shape index (κ1) is 16.9. The smallest absolute Gasteiger partial charge is 0.233 e. The van der Waals surface area contributed by atoms with E-state index in [1.54, 1.807) is 0 Å². The SMILES string of the molecule is O=C(N1CCCC(c2nnc3ccccn23)C1)C1(c2cccc(Br)c2)CC1. The maximum Gasteiger partial charge on any atom is 0.233 e. The molecule has 3 heterocycles. The lowest BCUT2D eigenvalue weighted by atomic mass is 9.91. The third kappa shape index (κ3) is 2.87. The van der Waals surface area contributed by atoms with E-state index in [0.29, 0.717) is 0 Å². The Morgan fingerprint density at radius 2 is 2.04 bits per heavy atom. The van der Waals surface area contributed by atoms with Gasteiger partial charge in [-0.2, -0.15) is 0 Å². The number of benzene rings is 1. The normalized spacial score (nSPS) is 21.4. The van der Waals surface area contributed by atoms with E-state index in [0.717, 1.165) is 60.3 Å². The molecule has 5 nitrogen and oxygen atoms in total. The Labute approximate surface area is 166 Å². The fourth-order valence-corrected chi connectivity index (χ4v) is 4.75. The molecule has 3 aromatic rings. The Kier molecular flexibility index (Phi) is 4.04. The minimum absolute atomic E-state index is 0.235. The van der Waals surface area contributed by atoms with Crippen molar-refractivity contribution in [3.05, 3.63) is 64.5 Å². The number of likely N-dealkylation sites (tertiary alicyclic amines) is 1. The molecule has 5 rings (SSSR count). The Morgan fingerprint density at radius 3 is 2.85 bits per heavy atom. The average molecular weight is 425 g/mol. The molecule has 1 aliphatic carbocycles. The summed E-state index contributed by atoms with van der Waals surface area (Å²) in [6.45, 7) is 1.56. The highest BCUT2D eigenvalue weighted by atomic mass is 79.9. The molecule has 0 bridgehead atoms. The van der Waals surface area contributed by atoms with Gasteiger partial charge >= 0.3 is 0 Å². The molecular weight excluding hydrogens is 404 g/mol. The number of hydrogen-bond acceptors (Lipinski definition) is 3. The molecule has 1 aliphatic heterocycles. The van der Waals surface area contributed by atoms with Crippen LogP contribution in [0.4, 0.5) is 0 Å². The monoisotopic (exact) mass is 424 g/mol. The minimum atomic E-state index is -0.321. The van der Waals surface area contributed by atoms with Crippen molar-refractivity contribution >= 4 is 27.5 Å². The van der Waals surface area contributed by atoms with E-state index in [1.165, 1.54) is 0 Å². The average Bonchev–Trinajstić information content (AvgIpc) is 3.41. The first-order valence-electron chi connectivity index (χ1n) is 9.52.